The first-order valence-electron chi connectivity index (χ1n) is 12.9. The average molecular weight is 539 g/mol. The second kappa shape index (κ2) is 13.2. The third kappa shape index (κ3) is 7.35. The van der Waals surface area contributed by atoms with Crippen molar-refractivity contribution in [2.75, 3.05) is 6.61 Å². The molecule has 0 atom stereocenters. The van der Waals surface area contributed by atoms with E-state index < -0.39 is 23.3 Å². The molecule has 204 valence electrons. The van der Waals surface area contributed by atoms with Gasteiger partial charge >= 0.3 is 17.6 Å². The average Bonchev–Trinajstić information content (AvgIpc) is 2.95. The summed E-state index contributed by atoms with van der Waals surface area (Å²) in [6.07, 6.45) is 6.09. The van der Waals surface area contributed by atoms with Crippen LogP contribution in [0.5, 0.6) is 17.2 Å². The lowest BCUT2D eigenvalue weighted by Crippen LogP contribution is -2.18. The van der Waals surface area contributed by atoms with Gasteiger partial charge in [0.2, 0.25) is 0 Å². The van der Waals surface area contributed by atoms with Gasteiger partial charge in [-0.25, -0.2) is 14.4 Å². The molecule has 0 amide bonds. The number of benzene rings is 3. The minimum Gasteiger partial charge on any atom is -0.489 e. The van der Waals surface area contributed by atoms with E-state index in [4.69, 9.17) is 18.6 Å². The van der Waals surface area contributed by atoms with Crippen molar-refractivity contribution >= 4 is 22.9 Å². The molecule has 0 bridgehead atoms. The molecular weight excluding hydrogens is 508 g/mol. The predicted octanol–water partition coefficient (Wildman–Crippen LogP) is 7.30. The molecule has 0 saturated heterocycles. The van der Waals surface area contributed by atoms with Gasteiger partial charge in [-0.15, -0.1) is 0 Å². The van der Waals surface area contributed by atoms with Gasteiger partial charge in [-0.05, 0) is 76.1 Å². The summed E-state index contributed by atoms with van der Waals surface area (Å²) >= 11 is 0. The van der Waals surface area contributed by atoms with Gasteiger partial charge in [0.25, 0.3) is 5.75 Å². The van der Waals surface area contributed by atoms with Crippen molar-refractivity contribution in [2.45, 2.75) is 33.6 Å². The molecule has 1 aromatic heterocycles. The summed E-state index contributed by atoms with van der Waals surface area (Å²) in [7, 11) is 0. The van der Waals surface area contributed by atoms with Crippen molar-refractivity contribution in [3.05, 3.63) is 124 Å². The minimum atomic E-state index is -0.972. The van der Waals surface area contributed by atoms with Crippen LogP contribution in [0.4, 0.5) is 0 Å². The summed E-state index contributed by atoms with van der Waals surface area (Å²) in [6, 6.07) is 21.2. The molecule has 4 aromatic rings. The summed E-state index contributed by atoms with van der Waals surface area (Å²) in [6.45, 7) is 6.53. The first-order valence-corrected chi connectivity index (χ1v) is 12.9. The number of carbonyl (C=O) groups excluding carboxylic acids is 2. The summed E-state index contributed by atoms with van der Waals surface area (Å²) in [5.41, 5.74) is 2.10. The number of hydrogen-bond acceptors (Lipinski definition) is 7. The molecule has 40 heavy (non-hydrogen) atoms. The molecule has 0 aliphatic heterocycles. The molecule has 0 radical (unpaired) electrons. The summed E-state index contributed by atoms with van der Waals surface area (Å²) in [4.78, 5) is 38.7. The van der Waals surface area contributed by atoms with Gasteiger partial charge < -0.3 is 18.6 Å². The highest BCUT2D eigenvalue weighted by molar-refractivity contribution is 5.97. The first kappa shape index (κ1) is 28.1. The number of fused-ring (bicyclic) bond motifs is 1. The number of allylic oxidation sites excluding steroid dienone is 3. The zero-order chi connectivity index (χ0) is 28.5. The summed E-state index contributed by atoms with van der Waals surface area (Å²) in [5.74, 6) is -1.80. The topological polar surface area (TPSA) is 92.0 Å². The van der Waals surface area contributed by atoms with Crippen molar-refractivity contribution < 1.29 is 28.2 Å². The van der Waals surface area contributed by atoms with Crippen LogP contribution in [-0.4, -0.2) is 18.5 Å². The molecule has 0 N–H and O–H groups in total. The zero-order valence-electron chi connectivity index (χ0n) is 22.6. The Balaban J connectivity index is 1.64. The van der Waals surface area contributed by atoms with E-state index in [1.165, 1.54) is 17.2 Å². The van der Waals surface area contributed by atoms with Gasteiger partial charge in [0.15, 0.2) is 5.75 Å². The number of ether oxygens (including phenoxy) is 3. The molecule has 0 fully saturated rings. The van der Waals surface area contributed by atoms with E-state index in [1.807, 2.05) is 13.0 Å². The second-order valence-corrected chi connectivity index (χ2v) is 9.40. The van der Waals surface area contributed by atoms with Crippen molar-refractivity contribution in [3.63, 3.8) is 0 Å². The normalized spacial score (nSPS) is 11.1. The van der Waals surface area contributed by atoms with Crippen LogP contribution >= 0.6 is 0 Å². The number of esters is 2. The Bertz CT molecular complexity index is 1610. The van der Waals surface area contributed by atoms with E-state index in [-0.39, 0.29) is 27.8 Å². The van der Waals surface area contributed by atoms with Gasteiger partial charge in [-0.1, -0.05) is 53.6 Å². The number of hydrogen-bond donors (Lipinski definition) is 0. The van der Waals surface area contributed by atoms with Crippen LogP contribution in [-0.2, 0) is 0 Å². The van der Waals surface area contributed by atoms with Crippen molar-refractivity contribution in [3.8, 4) is 17.2 Å². The Morgan fingerprint density at radius 1 is 0.775 bits per heavy atom. The third-order valence-corrected chi connectivity index (χ3v) is 5.97. The summed E-state index contributed by atoms with van der Waals surface area (Å²) in [5, 5.41) is 0.264. The smallest absolute Gasteiger partial charge is 0.383 e. The maximum Gasteiger partial charge on any atom is 0.383 e. The highest BCUT2D eigenvalue weighted by Crippen LogP contribution is 2.35. The van der Waals surface area contributed by atoms with Gasteiger partial charge in [0.1, 0.15) is 17.9 Å². The van der Waals surface area contributed by atoms with Gasteiger partial charge in [-0.2, -0.15) is 0 Å². The standard InChI is InChI=1S/C33H30O7/c1-22(2)11-10-12-23(3)19-20-37-26-17-18-27-28(21-26)38-33(36)30(40-32(35)25-15-8-5-9-16-25)29(27)39-31(34)24-13-6-4-7-14-24/h4-9,11,13-19,21H,10,12,20H2,1-3H3/b23-19+. The Hall–Kier alpha value is -4.91. The second-order valence-electron chi connectivity index (χ2n) is 9.40. The molecule has 0 unspecified atom stereocenters. The fraction of sp³-hybridized carbons (Fsp3) is 0.182. The first-order chi connectivity index (χ1) is 19.3. The quantitative estimate of drug-likeness (QED) is 0.119. The molecular formula is C33H30O7. The number of carbonyl (C=O) groups is 2. The predicted molar refractivity (Wildman–Crippen MR) is 153 cm³/mol. The van der Waals surface area contributed by atoms with Crippen molar-refractivity contribution in [2.24, 2.45) is 0 Å². The Labute approximate surface area is 232 Å². The molecule has 4 rings (SSSR count). The lowest BCUT2D eigenvalue weighted by molar-refractivity contribution is 0.0678. The molecule has 7 nitrogen and oxygen atoms in total. The molecule has 0 spiro atoms. The van der Waals surface area contributed by atoms with Crippen LogP contribution in [0.3, 0.4) is 0 Å². The fourth-order valence-electron chi connectivity index (χ4n) is 3.84. The van der Waals surface area contributed by atoms with E-state index in [0.717, 1.165) is 12.8 Å². The minimum absolute atomic E-state index is 0.113. The highest BCUT2D eigenvalue weighted by atomic mass is 16.6. The van der Waals surface area contributed by atoms with E-state index in [2.05, 4.69) is 19.9 Å². The van der Waals surface area contributed by atoms with Gasteiger partial charge in [-0.3, -0.25) is 0 Å². The van der Waals surface area contributed by atoms with Crippen molar-refractivity contribution in [1.82, 2.24) is 0 Å². The molecule has 0 aliphatic carbocycles. The summed E-state index contributed by atoms with van der Waals surface area (Å²) < 4.78 is 22.4. The molecule has 7 heteroatoms. The van der Waals surface area contributed by atoms with Crippen molar-refractivity contribution in [1.29, 1.82) is 0 Å². The molecule has 3 aromatic carbocycles. The van der Waals surface area contributed by atoms with Crippen LogP contribution < -0.4 is 19.8 Å². The van der Waals surface area contributed by atoms with Crippen LogP contribution in [0.15, 0.2) is 111 Å². The highest BCUT2D eigenvalue weighted by Gasteiger charge is 2.24. The van der Waals surface area contributed by atoms with Gasteiger partial charge in [0.05, 0.1) is 16.5 Å². The van der Waals surface area contributed by atoms with E-state index in [0.29, 0.717) is 12.4 Å². The van der Waals surface area contributed by atoms with Crippen LogP contribution in [0.1, 0.15) is 54.3 Å². The van der Waals surface area contributed by atoms with Crippen LogP contribution in [0, 0.1) is 0 Å². The lowest BCUT2D eigenvalue weighted by Gasteiger charge is -2.13. The largest absolute Gasteiger partial charge is 0.489 e. The molecule has 0 aliphatic rings. The fourth-order valence-corrected chi connectivity index (χ4v) is 3.84. The third-order valence-electron chi connectivity index (χ3n) is 5.97. The van der Waals surface area contributed by atoms with E-state index in [1.54, 1.807) is 72.8 Å². The lowest BCUT2D eigenvalue weighted by atomic mass is 10.1. The van der Waals surface area contributed by atoms with Crippen LogP contribution in [0.25, 0.3) is 11.0 Å². The molecule has 0 saturated carbocycles. The van der Waals surface area contributed by atoms with Crippen LogP contribution in [0.2, 0.25) is 0 Å². The zero-order valence-corrected chi connectivity index (χ0v) is 22.6. The Morgan fingerprint density at radius 3 is 1.98 bits per heavy atom. The van der Waals surface area contributed by atoms with Gasteiger partial charge in [0, 0.05) is 6.07 Å². The Kier molecular flexibility index (Phi) is 9.31. The van der Waals surface area contributed by atoms with E-state index in [9.17, 15) is 14.4 Å². The van der Waals surface area contributed by atoms with E-state index >= 15 is 0 Å². The number of rotatable bonds is 10. The molecule has 1 heterocycles. The maximum atomic E-state index is 13.0. The maximum absolute atomic E-state index is 13.0. The Morgan fingerprint density at radius 2 is 1.38 bits per heavy atom. The SMILES string of the molecule is CC(C)=CCC/C(C)=C/COc1ccc2c(OC(=O)c3ccccc3)c(OC(=O)c3ccccc3)c(=O)oc2c1. The monoisotopic (exact) mass is 538 g/mol.